The number of methoxy groups -OCH3 is 2. The first-order valence-corrected chi connectivity index (χ1v) is 14.4. The molecule has 10 nitrogen and oxygen atoms in total. The van der Waals surface area contributed by atoms with Crippen LogP contribution in [0.3, 0.4) is 0 Å². The number of hydrogen-bond acceptors (Lipinski definition) is 7. The highest BCUT2D eigenvalue weighted by atomic mass is 35.5. The van der Waals surface area contributed by atoms with Gasteiger partial charge in [-0.1, -0.05) is 59.6 Å². The van der Waals surface area contributed by atoms with Crippen LogP contribution in [0.2, 0.25) is 10.0 Å². The molecule has 3 heterocycles. The molecule has 2 aromatic carbocycles. The number of nitrogens with zero attached hydrogens (tertiary/aromatic N) is 3. The largest absolute Gasteiger partial charge is 0.481 e. The Labute approximate surface area is 263 Å². The van der Waals surface area contributed by atoms with Crippen molar-refractivity contribution in [2.75, 3.05) is 20.8 Å². The van der Waals surface area contributed by atoms with Crippen molar-refractivity contribution in [3.63, 3.8) is 0 Å². The number of aldehydes is 1. The van der Waals surface area contributed by atoms with Gasteiger partial charge in [-0.3, -0.25) is 9.59 Å². The number of halogens is 2. The third-order valence-corrected chi connectivity index (χ3v) is 8.15. The Morgan fingerprint density at radius 2 is 1.50 bits per heavy atom. The van der Waals surface area contributed by atoms with Crippen LogP contribution in [-0.4, -0.2) is 65.1 Å². The summed E-state index contributed by atoms with van der Waals surface area (Å²) < 4.78 is 10.8. The molecule has 0 radical (unpaired) electrons. The van der Waals surface area contributed by atoms with Gasteiger partial charge < -0.3 is 24.8 Å². The first kappa shape index (κ1) is 30.8. The second kappa shape index (κ2) is 13.3. The Balaban J connectivity index is 1.46. The lowest BCUT2D eigenvalue weighted by atomic mass is 9.98. The van der Waals surface area contributed by atoms with E-state index in [2.05, 4.69) is 15.3 Å². The van der Waals surface area contributed by atoms with Crippen LogP contribution < -0.4 is 14.8 Å². The quantitative estimate of drug-likeness (QED) is 0.192. The van der Waals surface area contributed by atoms with Crippen LogP contribution in [0, 0.1) is 0 Å². The van der Waals surface area contributed by atoms with Crippen LogP contribution >= 0.6 is 23.2 Å². The average Bonchev–Trinajstić information content (AvgIpc) is 3.45. The monoisotopic (exact) mass is 634 g/mol. The van der Waals surface area contributed by atoms with Gasteiger partial charge in [0.25, 0.3) is 0 Å². The number of amides is 2. The van der Waals surface area contributed by atoms with E-state index in [0.717, 1.165) is 0 Å². The summed E-state index contributed by atoms with van der Waals surface area (Å²) in [5.74, 6) is 0.366. The molecule has 5 rings (SSSR count). The van der Waals surface area contributed by atoms with Crippen molar-refractivity contribution >= 4 is 41.5 Å². The van der Waals surface area contributed by atoms with Crippen LogP contribution in [0.1, 0.15) is 28.8 Å². The number of nitrogens with one attached hydrogen (secondary N) is 1. The first-order chi connectivity index (χ1) is 21.2. The highest BCUT2D eigenvalue weighted by Gasteiger charge is 2.26. The normalized spacial score (nSPS) is 14.2. The summed E-state index contributed by atoms with van der Waals surface area (Å²) in [6.45, 7) is 0.185. The summed E-state index contributed by atoms with van der Waals surface area (Å²) in [7, 11) is 2.91. The predicted octanol–water partition coefficient (Wildman–Crippen LogP) is 6.37. The lowest BCUT2D eigenvalue weighted by molar-refractivity contribution is -0.119. The molecule has 2 aromatic heterocycles. The summed E-state index contributed by atoms with van der Waals surface area (Å²) in [6, 6.07) is 17.6. The van der Waals surface area contributed by atoms with Crippen LogP contribution in [-0.2, 0) is 11.3 Å². The van der Waals surface area contributed by atoms with E-state index in [1.54, 1.807) is 24.3 Å². The number of aromatic nitrogens is 2. The molecule has 226 valence electrons. The van der Waals surface area contributed by atoms with E-state index < -0.39 is 6.09 Å². The van der Waals surface area contributed by atoms with Crippen LogP contribution in [0.4, 0.5) is 4.79 Å². The van der Waals surface area contributed by atoms with Crippen molar-refractivity contribution < 1.29 is 29.0 Å². The molecule has 12 heteroatoms. The molecule has 1 atom stereocenters. The molecule has 0 spiro atoms. The van der Waals surface area contributed by atoms with E-state index in [9.17, 15) is 19.5 Å². The lowest BCUT2D eigenvalue weighted by Crippen LogP contribution is -2.41. The van der Waals surface area contributed by atoms with E-state index in [1.165, 1.54) is 19.1 Å². The van der Waals surface area contributed by atoms with E-state index in [-0.39, 0.29) is 36.8 Å². The number of ether oxygens (including phenoxy) is 2. The number of hydrogen-bond donors (Lipinski definition) is 2. The topological polar surface area (TPSA) is 131 Å². The van der Waals surface area contributed by atoms with Crippen molar-refractivity contribution in [2.45, 2.75) is 25.4 Å². The van der Waals surface area contributed by atoms with Crippen molar-refractivity contribution in [3.8, 4) is 45.4 Å². The molecule has 1 saturated heterocycles. The number of benzene rings is 2. The number of carboxylic acid groups (broad SMARTS) is 1. The van der Waals surface area contributed by atoms with Crippen molar-refractivity contribution in [2.24, 2.45) is 0 Å². The highest BCUT2D eigenvalue weighted by Crippen LogP contribution is 2.42. The van der Waals surface area contributed by atoms with Gasteiger partial charge in [0.2, 0.25) is 17.7 Å². The standard InChI is InChI=1S/C32H28Cl2N4O6/c1-43-30-18(15-38(32(41)42)16-20-11-14-27(40)35-20)9-12-25(36-30)23-7-3-5-21(28(23)33)22-6-4-8-24(29(22)34)26-13-10-19(17-39)31(37-26)44-2/h3-10,12-13,17,20H,11,14-16H2,1-2H3,(H,35,40)(H,41,42). The zero-order valence-electron chi connectivity index (χ0n) is 23.8. The van der Waals surface area contributed by atoms with Gasteiger partial charge in [0.05, 0.1) is 47.8 Å². The molecule has 0 bridgehead atoms. The number of rotatable bonds is 10. The highest BCUT2D eigenvalue weighted by molar-refractivity contribution is 6.39. The van der Waals surface area contributed by atoms with Gasteiger partial charge in [0.1, 0.15) is 0 Å². The second-order valence-corrected chi connectivity index (χ2v) is 10.8. The molecule has 1 aliphatic heterocycles. The molecule has 0 saturated carbocycles. The Kier molecular flexibility index (Phi) is 9.32. The third kappa shape index (κ3) is 6.31. The Morgan fingerprint density at radius 3 is 2.02 bits per heavy atom. The molecule has 2 amide bonds. The number of pyridine rings is 2. The van der Waals surface area contributed by atoms with E-state index in [0.29, 0.717) is 73.9 Å². The molecular formula is C32H28Cl2N4O6. The zero-order valence-corrected chi connectivity index (χ0v) is 25.4. The number of carbonyl (C=O) groups is 3. The minimum absolute atomic E-state index is 0.0287. The summed E-state index contributed by atoms with van der Waals surface area (Å²) in [5.41, 5.74) is 4.51. The van der Waals surface area contributed by atoms with E-state index >= 15 is 0 Å². The second-order valence-electron chi connectivity index (χ2n) is 10.1. The average molecular weight is 636 g/mol. The van der Waals surface area contributed by atoms with Gasteiger partial charge in [-0.15, -0.1) is 0 Å². The van der Waals surface area contributed by atoms with Gasteiger partial charge in [-0.2, -0.15) is 0 Å². The fraction of sp³-hybridized carbons (Fsp3) is 0.219. The van der Waals surface area contributed by atoms with Gasteiger partial charge >= 0.3 is 6.09 Å². The van der Waals surface area contributed by atoms with Crippen molar-refractivity contribution in [1.29, 1.82) is 0 Å². The van der Waals surface area contributed by atoms with Crippen molar-refractivity contribution in [1.82, 2.24) is 20.2 Å². The fourth-order valence-electron chi connectivity index (χ4n) is 5.14. The smallest absolute Gasteiger partial charge is 0.407 e. The summed E-state index contributed by atoms with van der Waals surface area (Å²) in [5, 5.41) is 13.4. The molecule has 1 unspecified atom stereocenters. The summed E-state index contributed by atoms with van der Waals surface area (Å²) in [6.07, 6.45) is 0.525. The third-order valence-electron chi connectivity index (χ3n) is 7.34. The van der Waals surface area contributed by atoms with E-state index in [4.69, 9.17) is 32.7 Å². The van der Waals surface area contributed by atoms with Crippen molar-refractivity contribution in [3.05, 3.63) is 81.8 Å². The van der Waals surface area contributed by atoms with Gasteiger partial charge in [-0.05, 0) is 30.7 Å². The minimum Gasteiger partial charge on any atom is -0.481 e. The van der Waals surface area contributed by atoms with Gasteiger partial charge in [0, 0.05) is 46.8 Å². The molecule has 4 aromatic rings. The molecule has 0 aliphatic carbocycles. The van der Waals surface area contributed by atoms with Crippen LogP contribution in [0.25, 0.3) is 33.6 Å². The molecule has 44 heavy (non-hydrogen) atoms. The SMILES string of the molecule is COc1nc(-c2cccc(-c3cccc(-c4ccc(CN(CC5CCC(=O)N5)C(=O)O)c(OC)n4)c3Cl)c2Cl)ccc1C=O. The maximum absolute atomic E-state index is 12.0. The molecule has 1 fully saturated rings. The van der Waals surface area contributed by atoms with Gasteiger partial charge in [-0.25, -0.2) is 14.8 Å². The molecule has 2 N–H and O–H groups in total. The minimum atomic E-state index is -1.11. The fourth-order valence-corrected chi connectivity index (χ4v) is 5.79. The van der Waals surface area contributed by atoms with Crippen LogP contribution in [0.15, 0.2) is 60.7 Å². The molecule has 1 aliphatic rings. The van der Waals surface area contributed by atoms with Crippen LogP contribution in [0.5, 0.6) is 11.8 Å². The number of carbonyl (C=O) groups excluding carboxylic acids is 2. The van der Waals surface area contributed by atoms with Gasteiger partial charge in [0.15, 0.2) is 6.29 Å². The Bertz CT molecular complexity index is 1750. The summed E-state index contributed by atoms with van der Waals surface area (Å²) in [4.78, 5) is 45.2. The first-order valence-electron chi connectivity index (χ1n) is 13.6. The summed E-state index contributed by atoms with van der Waals surface area (Å²) >= 11 is 13.9. The van der Waals surface area contributed by atoms with E-state index in [1.807, 2.05) is 36.4 Å². The lowest BCUT2D eigenvalue weighted by Gasteiger charge is -2.23. The maximum atomic E-state index is 12.0. The molecular weight excluding hydrogens is 607 g/mol. The Hall–Kier alpha value is -4.67. The predicted molar refractivity (Wildman–Crippen MR) is 166 cm³/mol. The zero-order chi connectivity index (χ0) is 31.4. The Morgan fingerprint density at radius 1 is 0.932 bits per heavy atom. The maximum Gasteiger partial charge on any atom is 0.407 e.